The van der Waals surface area contributed by atoms with E-state index in [2.05, 4.69) is 0 Å². The van der Waals surface area contributed by atoms with Gasteiger partial charge >= 0.3 is 0 Å². The van der Waals surface area contributed by atoms with Crippen LogP contribution in [-0.4, -0.2) is 0 Å². The minimum atomic E-state index is 1.50. The summed E-state index contributed by atoms with van der Waals surface area (Å²) in [6.07, 6.45) is 123. The van der Waals surface area contributed by atoms with Crippen LogP contribution in [0.4, 0.5) is 0 Å². The molecule has 0 aromatic heterocycles. The van der Waals surface area contributed by atoms with Crippen molar-refractivity contribution in [2.24, 2.45) is 0 Å². The molecule has 0 spiro atoms. The van der Waals surface area contributed by atoms with Crippen molar-refractivity contribution in [2.75, 3.05) is 0 Å². The zero-order chi connectivity index (χ0) is 58.0. The highest BCUT2D eigenvalue weighted by atomic mass is 14.1. The molecule has 6 aliphatic rings. The Bertz CT molecular complexity index is 708. The highest BCUT2D eigenvalue weighted by Gasteiger charge is 2.03. The molecule has 492 valence electrons. The predicted molar refractivity (Wildman–Crippen MR) is 379 cm³/mol. The molecule has 0 N–H and O–H groups in total. The first kappa shape index (κ1) is 80.0. The summed E-state index contributed by atoms with van der Waals surface area (Å²) in [4.78, 5) is 0. The fourth-order valence-electron chi connectivity index (χ4n) is 14.5. The zero-order valence-electron chi connectivity index (χ0n) is 58.0. The number of hydrogen-bond donors (Lipinski definition) is 0. The molecule has 0 bridgehead atoms. The third-order valence-electron chi connectivity index (χ3n) is 20.5. The van der Waals surface area contributed by atoms with E-state index in [4.69, 9.17) is 0 Å². The Morgan fingerprint density at radius 3 is 0.0488 bits per heavy atom. The first-order chi connectivity index (χ1) is 41.0. The van der Waals surface area contributed by atoms with Gasteiger partial charge in [0.2, 0.25) is 0 Å². The summed E-state index contributed by atoms with van der Waals surface area (Å²) in [6.45, 7) is 0. The van der Waals surface area contributed by atoms with Gasteiger partial charge in [-0.15, -0.1) is 0 Å². The first-order valence-corrected chi connectivity index (χ1v) is 41.0. The molecule has 0 heteroatoms. The molecule has 0 saturated heterocycles. The summed E-state index contributed by atoms with van der Waals surface area (Å²) in [5.41, 5.74) is 0. The van der Waals surface area contributed by atoms with E-state index in [0.717, 1.165) is 0 Å². The molecule has 0 radical (unpaired) electrons. The molecule has 0 unspecified atom stereocenters. The van der Waals surface area contributed by atoms with Crippen LogP contribution in [0, 0.1) is 0 Å². The summed E-state index contributed by atoms with van der Waals surface area (Å²) in [5.74, 6) is 0. The second kappa shape index (κ2) is 77.1. The molecule has 0 heterocycles. The van der Waals surface area contributed by atoms with Crippen LogP contribution in [0.3, 0.4) is 0 Å². The van der Waals surface area contributed by atoms with Gasteiger partial charge < -0.3 is 0 Å². The van der Waals surface area contributed by atoms with Gasteiger partial charge in [0.25, 0.3) is 0 Å². The quantitative estimate of drug-likeness (QED) is 0.227. The van der Waals surface area contributed by atoms with Crippen LogP contribution in [0.5, 0.6) is 0 Å². The lowest BCUT2D eigenvalue weighted by Crippen LogP contribution is -1.85. The Labute approximate surface area is 523 Å². The Morgan fingerprint density at radius 2 is 0.0366 bits per heavy atom. The second-order valence-corrected chi connectivity index (χ2v) is 29.0. The maximum atomic E-state index is 1.50. The smallest absolute Gasteiger partial charge is 0.0533 e. The Balaban J connectivity index is 0.000000517. The van der Waals surface area contributed by atoms with Crippen LogP contribution in [0.25, 0.3) is 0 Å². The van der Waals surface area contributed by atoms with E-state index in [-0.39, 0.29) is 0 Å². The molecular formula is C82H164. The van der Waals surface area contributed by atoms with Crippen molar-refractivity contribution >= 4 is 0 Å². The average molecular weight is 1150 g/mol. The lowest BCUT2D eigenvalue weighted by molar-refractivity contribution is 0.504. The van der Waals surface area contributed by atoms with Gasteiger partial charge in [-0.05, 0) is 0 Å². The highest BCUT2D eigenvalue weighted by molar-refractivity contribution is 4.58. The fourth-order valence-corrected chi connectivity index (χ4v) is 14.5. The lowest BCUT2D eigenvalue weighted by atomic mass is 10.0. The monoisotopic (exact) mass is 1150 g/mol. The summed E-state index contributed by atoms with van der Waals surface area (Å²) < 4.78 is 0. The van der Waals surface area contributed by atoms with Gasteiger partial charge in [-0.2, -0.15) is 0 Å². The minimum absolute atomic E-state index is 1.50. The van der Waals surface area contributed by atoms with Gasteiger partial charge in [-0.25, -0.2) is 0 Å². The Hall–Kier alpha value is 0. The van der Waals surface area contributed by atoms with Crippen LogP contribution in [0.1, 0.15) is 527 Å². The van der Waals surface area contributed by atoms with E-state index >= 15 is 0 Å². The number of hydrogen-bond acceptors (Lipinski definition) is 0. The van der Waals surface area contributed by atoms with Crippen LogP contribution in [-0.2, 0) is 0 Å². The number of rotatable bonds is 0. The van der Waals surface area contributed by atoms with Gasteiger partial charge in [-0.3, -0.25) is 0 Å². The van der Waals surface area contributed by atoms with E-state index in [9.17, 15) is 0 Å². The molecular weight excluding hydrogens is 985 g/mol. The average Bonchev–Trinajstić information content (AvgIpc) is 3.50. The van der Waals surface area contributed by atoms with E-state index in [1.54, 1.807) is 0 Å². The summed E-state index contributed by atoms with van der Waals surface area (Å²) in [7, 11) is 0. The first-order valence-electron chi connectivity index (χ1n) is 41.0. The normalized spacial score (nSPS) is 24.0. The van der Waals surface area contributed by atoms with Crippen molar-refractivity contribution in [3.8, 4) is 0 Å². The summed E-state index contributed by atoms with van der Waals surface area (Å²) in [6, 6.07) is 0. The molecule has 6 saturated carbocycles. The van der Waals surface area contributed by atoms with Crippen molar-refractivity contribution < 1.29 is 0 Å². The van der Waals surface area contributed by atoms with Gasteiger partial charge in [0.05, 0.1) is 0 Å². The molecule has 0 amide bonds. The zero-order valence-corrected chi connectivity index (χ0v) is 58.0. The second-order valence-electron chi connectivity index (χ2n) is 29.0. The van der Waals surface area contributed by atoms with Crippen LogP contribution < -0.4 is 0 Å². The Kier molecular flexibility index (Phi) is 75.2. The van der Waals surface area contributed by atoms with Crippen molar-refractivity contribution in [2.45, 2.75) is 527 Å². The molecule has 0 atom stereocenters. The third-order valence-corrected chi connectivity index (χ3v) is 20.5. The molecule has 82 heavy (non-hydrogen) atoms. The standard InChI is InChI=1S/C22H44.C20H40.C16H32.C12H24.2C6H12/c1-2-4-6-8-10-12-14-16-18-20-22-21-19-17-15-13-11-9-7-5-3-1;1-2-4-6-8-10-12-14-16-18-20-19-17-15-13-11-9-7-5-3-1;1-2-4-6-8-10-12-14-16-15-13-11-9-7-5-3-1;1-2-4-6-8-10-12-11-9-7-5-3-1;2*1-2-4-6-5-3-1/h1-22H2;1-20H2;1-16H2;1-12H2;2*1-6H2. The van der Waals surface area contributed by atoms with Crippen LogP contribution in [0.15, 0.2) is 0 Å². The van der Waals surface area contributed by atoms with E-state index in [0.29, 0.717) is 0 Å². The SMILES string of the molecule is C1CCCCC1.C1CCCCC1.C1CCCCCCCCCCC1.C1CCCCCCCCCCCCCCC1.C1CCCCCCCCCCCCCCCCCCC1.C1CCCCCCCCCCCCCCCCCCCCC1. The molecule has 0 aliphatic heterocycles. The highest BCUT2D eigenvalue weighted by Crippen LogP contribution is 2.22. The summed E-state index contributed by atoms with van der Waals surface area (Å²) in [5, 5.41) is 0. The predicted octanol–water partition coefficient (Wildman–Crippen LogP) is 32.0. The van der Waals surface area contributed by atoms with Gasteiger partial charge in [0.15, 0.2) is 0 Å². The molecule has 6 aliphatic carbocycles. The van der Waals surface area contributed by atoms with Crippen molar-refractivity contribution in [1.82, 2.24) is 0 Å². The fraction of sp³-hybridized carbons (Fsp3) is 1.00. The van der Waals surface area contributed by atoms with Crippen LogP contribution in [0.2, 0.25) is 0 Å². The lowest BCUT2D eigenvalue weighted by Gasteiger charge is -2.05. The molecule has 6 rings (SSSR count). The van der Waals surface area contributed by atoms with Gasteiger partial charge in [0.1, 0.15) is 0 Å². The van der Waals surface area contributed by atoms with Crippen molar-refractivity contribution in [3.63, 3.8) is 0 Å². The molecule has 0 nitrogen and oxygen atoms in total. The molecule has 0 aromatic carbocycles. The van der Waals surface area contributed by atoms with E-state index < -0.39 is 0 Å². The van der Waals surface area contributed by atoms with Gasteiger partial charge in [0, 0.05) is 0 Å². The maximum Gasteiger partial charge on any atom is -0.0533 e. The summed E-state index contributed by atoms with van der Waals surface area (Å²) >= 11 is 0. The van der Waals surface area contributed by atoms with E-state index in [1.807, 2.05) is 0 Å². The Morgan fingerprint density at radius 1 is 0.0244 bits per heavy atom. The van der Waals surface area contributed by atoms with Gasteiger partial charge in [-0.1, -0.05) is 527 Å². The minimum Gasteiger partial charge on any atom is -0.0533 e. The molecule has 0 aromatic rings. The topological polar surface area (TPSA) is 0 Å². The van der Waals surface area contributed by atoms with Crippen molar-refractivity contribution in [1.29, 1.82) is 0 Å². The van der Waals surface area contributed by atoms with E-state index in [1.165, 1.54) is 527 Å². The maximum absolute atomic E-state index is 1.50. The largest absolute Gasteiger partial charge is 0.0533 e. The van der Waals surface area contributed by atoms with Crippen LogP contribution >= 0.6 is 0 Å². The third kappa shape index (κ3) is 74.3. The van der Waals surface area contributed by atoms with Crippen molar-refractivity contribution in [3.05, 3.63) is 0 Å². The molecule has 6 fully saturated rings.